The van der Waals surface area contributed by atoms with Crippen LogP contribution in [0.3, 0.4) is 0 Å². The highest BCUT2D eigenvalue weighted by Crippen LogP contribution is 2.52. The van der Waals surface area contributed by atoms with Gasteiger partial charge in [0.15, 0.2) is 0 Å². The molecule has 2 saturated heterocycles. The van der Waals surface area contributed by atoms with E-state index in [0.29, 0.717) is 0 Å². The zero-order valence-corrected chi connectivity index (χ0v) is 13.0. The minimum atomic E-state index is 0.744. The predicted molar refractivity (Wildman–Crippen MR) is 81.4 cm³/mol. The van der Waals surface area contributed by atoms with Crippen LogP contribution in [0.15, 0.2) is 0 Å². The quantitative estimate of drug-likeness (QED) is 0.789. The van der Waals surface area contributed by atoms with Crippen LogP contribution in [0.1, 0.15) is 71.6 Å². The first-order chi connectivity index (χ1) is 9.26. The number of rotatable bonds is 6. The molecular formula is C17H32N2. The lowest BCUT2D eigenvalue weighted by molar-refractivity contribution is 0.00744. The summed E-state index contributed by atoms with van der Waals surface area (Å²) >= 11 is 0. The first-order valence-corrected chi connectivity index (χ1v) is 8.75. The molecule has 0 spiro atoms. The Morgan fingerprint density at radius 2 is 1.79 bits per heavy atom. The van der Waals surface area contributed by atoms with E-state index in [4.69, 9.17) is 0 Å². The lowest BCUT2D eigenvalue weighted by Gasteiger charge is -2.50. The van der Waals surface area contributed by atoms with E-state index < -0.39 is 0 Å². The van der Waals surface area contributed by atoms with Crippen molar-refractivity contribution in [3.8, 4) is 0 Å². The van der Waals surface area contributed by atoms with Crippen molar-refractivity contribution in [3.05, 3.63) is 0 Å². The fourth-order valence-corrected chi connectivity index (χ4v) is 4.77. The molecule has 0 amide bonds. The Morgan fingerprint density at radius 3 is 2.32 bits per heavy atom. The highest BCUT2D eigenvalue weighted by atomic mass is 15.2. The molecule has 3 aliphatic rings. The molecule has 1 saturated carbocycles. The molecule has 2 atom stereocenters. The molecule has 0 aromatic heterocycles. The average molecular weight is 264 g/mol. The van der Waals surface area contributed by atoms with Crippen molar-refractivity contribution >= 4 is 0 Å². The minimum absolute atomic E-state index is 0.744. The van der Waals surface area contributed by atoms with Gasteiger partial charge >= 0.3 is 0 Å². The highest BCUT2D eigenvalue weighted by molar-refractivity contribution is 5.01. The van der Waals surface area contributed by atoms with Gasteiger partial charge < -0.3 is 5.32 Å². The van der Waals surface area contributed by atoms with Crippen molar-refractivity contribution < 1.29 is 0 Å². The number of fused-ring (bicyclic) bond motifs is 2. The van der Waals surface area contributed by atoms with E-state index in [0.717, 1.165) is 30.1 Å². The van der Waals surface area contributed by atoms with E-state index in [1.807, 2.05) is 0 Å². The smallest absolute Gasteiger partial charge is 0.0113 e. The van der Waals surface area contributed by atoms with Crippen LogP contribution in [0.5, 0.6) is 0 Å². The molecule has 19 heavy (non-hydrogen) atoms. The molecule has 2 heteroatoms. The average Bonchev–Trinajstić information content (AvgIpc) is 3.11. The van der Waals surface area contributed by atoms with Crippen LogP contribution in [0, 0.1) is 5.41 Å². The van der Waals surface area contributed by atoms with Gasteiger partial charge in [-0.25, -0.2) is 0 Å². The van der Waals surface area contributed by atoms with Gasteiger partial charge in [0.05, 0.1) is 0 Å². The Kier molecular flexibility index (Phi) is 4.19. The summed E-state index contributed by atoms with van der Waals surface area (Å²) in [6, 6.07) is 2.59. The van der Waals surface area contributed by atoms with Gasteiger partial charge in [0.25, 0.3) is 0 Å². The Morgan fingerprint density at radius 1 is 1.11 bits per heavy atom. The minimum Gasteiger partial charge on any atom is -0.314 e. The summed E-state index contributed by atoms with van der Waals surface area (Å²) in [5, 5.41) is 3.71. The van der Waals surface area contributed by atoms with Crippen LogP contribution < -0.4 is 5.32 Å². The summed E-state index contributed by atoms with van der Waals surface area (Å²) < 4.78 is 0. The maximum atomic E-state index is 3.71. The fraction of sp³-hybridized carbons (Fsp3) is 1.00. The fourth-order valence-electron chi connectivity index (χ4n) is 4.77. The van der Waals surface area contributed by atoms with Gasteiger partial charge in [-0.1, -0.05) is 26.7 Å². The summed E-state index contributed by atoms with van der Waals surface area (Å²) in [6.07, 6.45) is 13.1. The summed E-state index contributed by atoms with van der Waals surface area (Å²) in [4.78, 5) is 2.94. The summed E-state index contributed by atoms with van der Waals surface area (Å²) in [5.41, 5.74) is 0.744. The third kappa shape index (κ3) is 3.00. The topological polar surface area (TPSA) is 15.3 Å². The highest BCUT2D eigenvalue weighted by Gasteiger charge is 2.47. The van der Waals surface area contributed by atoms with E-state index in [1.54, 1.807) is 0 Å². The number of piperidine rings is 2. The predicted octanol–water partition coefficient (Wildman–Crippen LogP) is 3.56. The van der Waals surface area contributed by atoms with Crippen molar-refractivity contribution in [2.45, 2.75) is 89.8 Å². The van der Waals surface area contributed by atoms with Gasteiger partial charge in [-0.2, -0.15) is 0 Å². The molecule has 2 unspecified atom stereocenters. The molecule has 2 nitrogen and oxygen atoms in total. The van der Waals surface area contributed by atoms with Crippen LogP contribution in [-0.2, 0) is 0 Å². The zero-order chi connectivity index (χ0) is 13.3. The molecule has 3 fully saturated rings. The first-order valence-electron chi connectivity index (χ1n) is 8.75. The van der Waals surface area contributed by atoms with Gasteiger partial charge in [0.1, 0.15) is 0 Å². The van der Waals surface area contributed by atoms with E-state index in [2.05, 4.69) is 24.1 Å². The standard InChI is InChI=1S/C17H32N2/c1-3-8-17(9-10-17)13-19-15-6-5-7-16(19)12-14(11-15)18-4-2/h14-16,18H,3-13H2,1-2H3. The number of nitrogens with one attached hydrogen (secondary N) is 1. The monoisotopic (exact) mass is 264 g/mol. The van der Waals surface area contributed by atoms with E-state index in [-0.39, 0.29) is 0 Å². The number of hydrogen-bond donors (Lipinski definition) is 1. The molecule has 2 aliphatic heterocycles. The number of nitrogens with zero attached hydrogens (tertiary/aromatic N) is 1. The van der Waals surface area contributed by atoms with Crippen molar-refractivity contribution in [2.75, 3.05) is 13.1 Å². The third-order valence-corrected chi connectivity index (χ3v) is 5.87. The van der Waals surface area contributed by atoms with Crippen molar-refractivity contribution in [2.24, 2.45) is 5.41 Å². The molecule has 0 aromatic rings. The molecule has 110 valence electrons. The van der Waals surface area contributed by atoms with E-state index >= 15 is 0 Å². The van der Waals surface area contributed by atoms with Gasteiger partial charge in [0, 0.05) is 24.7 Å². The van der Waals surface area contributed by atoms with Gasteiger partial charge in [-0.3, -0.25) is 4.90 Å². The molecular weight excluding hydrogens is 232 g/mol. The van der Waals surface area contributed by atoms with Crippen LogP contribution in [-0.4, -0.2) is 36.1 Å². The summed E-state index contributed by atoms with van der Waals surface area (Å²) in [6.45, 7) is 7.18. The Balaban J connectivity index is 1.62. The SMILES string of the molecule is CCCC1(CN2C3CCCC2CC(NCC)C3)CC1. The molecule has 1 N–H and O–H groups in total. The van der Waals surface area contributed by atoms with Crippen LogP contribution in [0.4, 0.5) is 0 Å². The summed E-state index contributed by atoms with van der Waals surface area (Å²) in [7, 11) is 0. The molecule has 0 aromatic carbocycles. The van der Waals surface area contributed by atoms with E-state index in [1.165, 1.54) is 64.3 Å². The Labute approximate surface area is 119 Å². The Hall–Kier alpha value is -0.0800. The maximum absolute atomic E-state index is 3.71. The second kappa shape index (κ2) is 5.73. The first kappa shape index (κ1) is 13.9. The van der Waals surface area contributed by atoms with Gasteiger partial charge in [-0.15, -0.1) is 0 Å². The van der Waals surface area contributed by atoms with Crippen LogP contribution >= 0.6 is 0 Å². The maximum Gasteiger partial charge on any atom is 0.0113 e. The molecule has 3 rings (SSSR count). The van der Waals surface area contributed by atoms with Gasteiger partial charge in [-0.05, 0) is 56.9 Å². The number of hydrogen-bond acceptors (Lipinski definition) is 2. The third-order valence-electron chi connectivity index (χ3n) is 5.87. The normalized spacial score (nSPS) is 37.3. The van der Waals surface area contributed by atoms with Gasteiger partial charge in [0.2, 0.25) is 0 Å². The Bertz CT molecular complexity index is 284. The molecule has 0 radical (unpaired) electrons. The van der Waals surface area contributed by atoms with Crippen molar-refractivity contribution in [3.63, 3.8) is 0 Å². The lowest BCUT2D eigenvalue weighted by atomic mass is 9.80. The molecule has 1 aliphatic carbocycles. The second-order valence-electron chi connectivity index (χ2n) is 7.39. The van der Waals surface area contributed by atoms with E-state index in [9.17, 15) is 0 Å². The largest absolute Gasteiger partial charge is 0.314 e. The second-order valence-corrected chi connectivity index (χ2v) is 7.39. The van der Waals surface area contributed by atoms with Crippen LogP contribution in [0.25, 0.3) is 0 Å². The zero-order valence-electron chi connectivity index (χ0n) is 13.0. The lowest BCUT2D eigenvalue weighted by Crippen LogP contribution is -2.57. The van der Waals surface area contributed by atoms with Crippen molar-refractivity contribution in [1.82, 2.24) is 10.2 Å². The molecule has 2 heterocycles. The van der Waals surface area contributed by atoms with Crippen LogP contribution in [0.2, 0.25) is 0 Å². The molecule has 2 bridgehead atoms. The summed E-state index contributed by atoms with van der Waals surface area (Å²) in [5.74, 6) is 0. The van der Waals surface area contributed by atoms with Crippen molar-refractivity contribution in [1.29, 1.82) is 0 Å².